The van der Waals surface area contributed by atoms with E-state index in [1.54, 1.807) is 0 Å². The van der Waals surface area contributed by atoms with Crippen LogP contribution in [-0.2, 0) is 4.79 Å². The molecule has 2 nitrogen and oxygen atoms in total. The molecule has 2 heteroatoms. The van der Waals surface area contributed by atoms with Crippen molar-refractivity contribution in [2.45, 2.75) is 39.5 Å². The summed E-state index contributed by atoms with van der Waals surface area (Å²) in [6.07, 6.45) is 7.89. The first-order valence-electron chi connectivity index (χ1n) is 4.97. The van der Waals surface area contributed by atoms with Gasteiger partial charge >= 0.3 is 5.97 Å². The maximum absolute atomic E-state index is 10.9. The van der Waals surface area contributed by atoms with Gasteiger partial charge in [-0.2, -0.15) is 0 Å². The van der Waals surface area contributed by atoms with Gasteiger partial charge in [-0.3, -0.25) is 4.79 Å². The molecule has 0 aromatic heterocycles. The number of hydrogen-bond acceptors (Lipinski definition) is 1. The van der Waals surface area contributed by atoms with Crippen molar-refractivity contribution in [3.8, 4) is 0 Å². The Hall–Kier alpha value is -0.790. The molecule has 1 unspecified atom stereocenters. The van der Waals surface area contributed by atoms with E-state index < -0.39 is 5.97 Å². The van der Waals surface area contributed by atoms with Crippen LogP contribution in [0.25, 0.3) is 0 Å². The van der Waals surface area contributed by atoms with E-state index in [-0.39, 0.29) is 5.92 Å². The van der Waals surface area contributed by atoms with E-state index in [2.05, 4.69) is 6.92 Å². The quantitative estimate of drug-likeness (QED) is 0.664. The fourth-order valence-electron chi connectivity index (χ4n) is 1.49. The van der Waals surface area contributed by atoms with Crippen molar-refractivity contribution in [2.75, 3.05) is 0 Å². The summed E-state index contributed by atoms with van der Waals surface area (Å²) in [6.45, 7) is 4.19. The number of carboxylic acids is 1. The van der Waals surface area contributed by atoms with Gasteiger partial charge in [0.1, 0.15) is 0 Å². The molecule has 13 heavy (non-hydrogen) atoms. The Morgan fingerprint density at radius 3 is 2.62 bits per heavy atom. The molecule has 1 rings (SSSR count). The lowest BCUT2D eigenvalue weighted by molar-refractivity contribution is -0.140. The number of rotatable bonds is 5. The Balaban J connectivity index is 2.47. The third-order valence-corrected chi connectivity index (χ3v) is 2.74. The van der Waals surface area contributed by atoms with Crippen LogP contribution in [0.1, 0.15) is 39.5 Å². The van der Waals surface area contributed by atoms with Crippen LogP contribution < -0.4 is 0 Å². The van der Waals surface area contributed by atoms with Gasteiger partial charge in [-0.1, -0.05) is 26.0 Å². The van der Waals surface area contributed by atoms with Crippen molar-refractivity contribution >= 4 is 5.97 Å². The van der Waals surface area contributed by atoms with Gasteiger partial charge in [0.05, 0.1) is 5.92 Å². The molecule has 0 radical (unpaired) electrons. The Kier molecular flexibility index (Phi) is 3.12. The Bertz CT molecular complexity index is 214. The summed E-state index contributed by atoms with van der Waals surface area (Å²) >= 11 is 0. The van der Waals surface area contributed by atoms with Crippen LogP contribution in [0.15, 0.2) is 12.2 Å². The third-order valence-electron chi connectivity index (χ3n) is 2.74. The van der Waals surface area contributed by atoms with E-state index in [4.69, 9.17) is 5.11 Å². The summed E-state index contributed by atoms with van der Waals surface area (Å²) in [5.41, 5.74) is 0.321. The number of aliphatic carboxylic acids is 1. The molecule has 1 saturated carbocycles. The van der Waals surface area contributed by atoms with Gasteiger partial charge < -0.3 is 5.11 Å². The Morgan fingerprint density at radius 1 is 1.62 bits per heavy atom. The van der Waals surface area contributed by atoms with Crippen molar-refractivity contribution < 1.29 is 9.90 Å². The summed E-state index contributed by atoms with van der Waals surface area (Å²) in [4.78, 5) is 10.9. The molecular formula is C11H18O2. The fourth-order valence-corrected chi connectivity index (χ4v) is 1.49. The molecule has 74 valence electrons. The van der Waals surface area contributed by atoms with Gasteiger partial charge in [-0.05, 0) is 31.1 Å². The van der Waals surface area contributed by atoms with Crippen molar-refractivity contribution in [1.82, 2.24) is 0 Å². The number of carbonyl (C=O) groups is 1. The van der Waals surface area contributed by atoms with E-state index >= 15 is 0 Å². The molecule has 1 aliphatic carbocycles. The second-order valence-corrected chi connectivity index (χ2v) is 4.30. The van der Waals surface area contributed by atoms with E-state index in [0.717, 1.165) is 12.8 Å². The Labute approximate surface area is 79.6 Å². The minimum atomic E-state index is -0.683. The van der Waals surface area contributed by atoms with Gasteiger partial charge in [0.2, 0.25) is 0 Å². The average molecular weight is 182 g/mol. The maximum atomic E-state index is 10.9. The standard InChI is InChI=1S/C11H18O2/c1-3-4-5-9(10(12)13)8-11(2)6-7-11/h4-5,9H,3,6-8H2,1-2H3,(H,12,13)/b5-4-. The molecule has 1 N–H and O–H groups in total. The van der Waals surface area contributed by atoms with Crippen LogP contribution in [0.4, 0.5) is 0 Å². The minimum Gasteiger partial charge on any atom is -0.481 e. The smallest absolute Gasteiger partial charge is 0.310 e. The zero-order chi connectivity index (χ0) is 9.90. The maximum Gasteiger partial charge on any atom is 0.310 e. The highest BCUT2D eigenvalue weighted by Gasteiger charge is 2.40. The predicted octanol–water partition coefficient (Wildman–Crippen LogP) is 2.84. The molecule has 1 atom stereocenters. The minimum absolute atomic E-state index is 0.271. The van der Waals surface area contributed by atoms with E-state index in [9.17, 15) is 4.79 Å². The zero-order valence-corrected chi connectivity index (χ0v) is 8.42. The molecule has 0 aromatic rings. The van der Waals surface area contributed by atoms with E-state index in [1.807, 2.05) is 19.1 Å². The van der Waals surface area contributed by atoms with Gasteiger partial charge in [-0.15, -0.1) is 0 Å². The van der Waals surface area contributed by atoms with Gasteiger partial charge in [0.25, 0.3) is 0 Å². The van der Waals surface area contributed by atoms with Gasteiger partial charge in [0.15, 0.2) is 0 Å². The van der Waals surface area contributed by atoms with Crippen molar-refractivity contribution in [1.29, 1.82) is 0 Å². The SMILES string of the molecule is CC/C=C\C(CC1(C)CC1)C(=O)O. The van der Waals surface area contributed by atoms with Crippen molar-refractivity contribution in [3.05, 3.63) is 12.2 Å². The van der Waals surface area contributed by atoms with Gasteiger partial charge in [-0.25, -0.2) is 0 Å². The lowest BCUT2D eigenvalue weighted by Crippen LogP contribution is -2.14. The molecule has 0 aromatic carbocycles. The molecule has 0 amide bonds. The first-order chi connectivity index (χ1) is 6.07. The van der Waals surface area contributed by atoms with Gasteiger partial charge in [0, 0.05) is 0 Å². The highest BCUT2D eigenvalue weighted by molar-refractivity contribution is 5.72. The van der Waals surface area contributed by atoms with Crippen LogP contribution >= 0.6 is 0 Å². The zero-order valence-electron chi connectivity index (χ0n) is 8.42. The highest BCUT2D eigenvalue weighted by atomic mass is 16.4. The first kappa shape index (κ1) is 10.3. The topological polar surface area (TPSA) is 37.3 Å². The monoisotopic (exact) mass is 182 g/mol. The van der Waals surface area contributed by atoms with Crippen LogP contribution in [0.3, 0.4) is 0 Å². The molecule has 0 spiro atoms. The summed E-state index contributed by atoms with van der Waals surface area (Å²) in [6, 6.07) is 0. The second-order valence-electron chi connectivity index (χ2n) is 4.30. The van der Waals surface area contributed by atoms with Crippen LogP contribution in [-0.4, -0.2) is 11.1 Å². The normalized spacial score (nSPS) is 21.7. The molecule has 0 heterocycles. The van der Waals surface area contributed by atoms with Crippen LogP contribution in [0.5, 0.6) is 0 Å². The predicted molar refractivity (Wildman–Crippen MR) is 52.5 cm³/mol. The lowest BCUT2D eigenvalue weighted by Gasteiger charge is -2.12. The second kappa shape index (κ2) is 3.95. The largest absolute Gasteiger partial charge is 0.481 e. The van der Waals surface area contributed by atoms with E-state index in [1.165, 1.54) is 12.8 Å². The molecule has 0 saturated heterocycles. The van der Waals surface area contributed by atoms with Crippen LogP contribution in [0.2, 0.25) is 0 Å². The number of carboxylic acid groups (broad SMARTS) is 1. The summed E-state index contributed by atoms with van der Waals surface area (Å²) in [7, 11) is 0. The fraction of sp³-hybridized carbons (Fsp3) is 0.727. The first-order valence-corrected chi connectivity index (χ1v) is 4.97. The van der Waals surface area contributed by atoms with Crippen molar-refractivity contribution in [2.24, 2.45) is 11.3 Å². The summed E-state index contributed by atoms with van der Waals surface area (Å²) < 4.78 is 0. The molecule has 0 bridgehead atoms. The molecule has 1 aliphatic rings. The molecule has 1 fully saturated rings. The third kappa shape index (κ3) is 3.21. The Morgan fingerprint density at radius 2 is 2.23 bits per heavy atom. The average Bonchev–Trinajstić information content (AvgIpc) is 2.77. The molecular weight excluding hydrogens is 164 g/mol. The lowest BCUT2D eigenvalue weighted by atomic mass is 9.93. The summed E-state index contributed by atoms with van der Waals surface area (Å²) in [5.74, 6) is -0.953. The number of hydrogen-bond donors (Lipinski definition) is 1. The van der Waals surface area contributed by atoms with Crippen LogP contribution in [0, 0.1) is 11.3 Å². The highest BCUT2D eigenvalue weighted by Crippen LogP contribution is 2.50. The van der Waals surface area contributed by atoms with E-state index in [0.29, 0.717) is 5.41 Å². The summed E-state index contributed by atoms with van der Waals surface area (Å²) in [5, 5.41) is 8.94. The molecule has 0 aliphatic heterocycles. The van der Waals surface area contributed by atoms with Crippen molar-refractivity contribution in [3.63, 3.8) is 0 Å². The number of allylic oxidation sites excluding steroid dienone is 1.